The van der Waals surface area contributed by atoms with Gasteiger partial charge < -0.3 is 30.0 Å². The van der Waals surface area contributed by atoms with Gasteiger partial charge in [-0.15, -0.1) is 11.3 Å². The summed E-state index contributed by atoms with van der Waals surface area (Å²) in [6.07, 6.45) is 11.2. The third-order valence-corrected chi connectivity index (χ3v) is 14.0. The van der Waals surface area contributed by atoms with Gasteiger partial charge in [0.2, 0.25) is 11.8 Å². The average Bonchev–Trinajstić information content (AvgIpc) is 3.96. The number of piperidine rings is 4. The molecule has 0 saturated carbocycles. The van der Waals surface area contributed by atoms with Crippen molar-refractivity contribution in [3.8, 4) is 0 Å². The highest BCUT2D eigenvalue weighted by Gasteiger charge is 2.39. The molecule has 2 aromatic carbocycles. The molecule has 3 aromatic heterocycles. The normalized spacial score (nSPS) is 21.5. The molecule has 1 atom stereocenters. The molecule has 8 heterocycles. The first-order valence-electron chi connectivity index (χ1n) is 20.9. The summed E-state index contributed by atoms with van der Waals surface area (Å²) in [5, 5.41) is 23.7. The van der Waals surface area contributed by atoms with Crippen LogP contribution in [0.15, 0.2) is 54.3 Å². The molecule has 59 heavy (non-hydrogen) atoms. The smallest absolute Gasteiger partial charge is 0.258 e. The zero-order valence-electron chi connectivity index (χ0n) is 32.9. The number of hydrogen-bond acceptors (Lipinski definition) is 12. The first-order valence-corrected chi connectivity index (χ1v) is 21.8. The Bertz CT molecular complexity index is 2440. The van der Waals surface area contributed by atoms with Gasteiger partial charge in [0, 0.05) is 99.4 Å². The maximum Gasteiger partial charge on any atom is 0.258 e. The number of nitrogens with one attached hydrogen (secondary N) is 2. The highest BCUT2D eigenvalue weighted by Crippen LogP contribution is 2.36. The topological polar surface area (TPSA) is 169 Å². The number of fused-ring (bicyclic) bond motifs is 3. The van der Waals surface area contributed by atoms with Crippen molar-refractivity contribution in [2.75, 3.05) is 60.9 Å². The number of benzene rings is 2. The molecular weight excluding hydrogens is 769 g/mol. The van der Waals surface area contributed by atoms with Crippen LogP contribution < -0.4 is 20.4 Å². The summed E-state index contributed by atoms with van der Waals surface area (Å²) >= 11 is 1.41. The minimum atomic E-state index is -0.602. The summed E-state index contributed by atoms with van der Waals surface area (Å²) in [4.78, 5) is 69.5. The van der Waals surface area contributed by atoms with Gasteiger partial charge in [-0.05, 0) is 80.7 Å². The van der Waals surface area contributed by atoms with Gasteiger partial charge in [0.1, 0.15) is 16.4 Å². The Balaban J connectivity index is 0.758. The van der Waals surface area contributed by atoms with Crippen LogP contribution in [0.5, 0.6) is 0 Å². The van der Waals surface area contributed by atoms with Crippen molar-refractivity contribution in [2.45, 2.75) is 76.1 Å². The molecule has 4 saturated heterocycles. The summed E-state index contributed by atoms with van der Waals surface area (Å²) in [6.45, 7) is 6.76. The summed E-state index contributed by atoms with van der Waals surface area (Å²) in [5.74, 6) is -0.405. The van der Waals surface area contributed by atoms with Gasteiger partial charge in [-0.2, -0.15) is 5.10 Å². The number of aliphatic hydroxyl groups excluding tert-OH is 1. The number of imide groups is 1. The second-order valence-corrected chi connectivity index (χ2v) is 17.6. The Labute approximate surface area is 345 Å². The van der Waals surface area contributed by atoms with Gasteiger partial charge in [-0.25, -0.2) is 4.98 Å². The van der Waals surface area contributed by atoms with Crippen molar-refractivity contribution >= 4 is 73.3 Å². The van der Waals surface area contributed by atoms with E-state index in [9.17, 15) is 24.3 Å². The largest absolute Gasteiger partial charge is 0.393 e. The lowest BCUT2D eigenvalue weighted by atomic mass is 9.94. The SMILES string of the molecule is O=C1CCC(N2Cc3ccc(N4CCC(CN5CCC(n6cc7cc(NC(=O)c8csc9nccnc89)c(N8CCC(O)CC8)cc7n6)CC5)CC4)cc3C2=O)C(=O)N1. The van der Waals surface area contributed by atoms with E-state index in [4.69, 9.17) is 5.10 Å². The zero-order chi connectivity index (χ0) is 40.2. The van der Waals surface area contributed by atoms with Gasteiger partial charge in [-0.3, -0.25) is 34.2 Å². The number of likely N-dealkylation sites (tertiary alicyclic amines) is 1. The fourth-order valence-electron chi connectivity index (χ4n) is 9.70. The molecule has 0 aliphatic carbocycles. The molecule has 15 nitrogen and oxygen atoms in total. The van der Waals surface area contributed by atoms with E-state index >= 15 is 0 Å². The molecule has 4 fully saturated rings. The first kappa shape index (κ1) is 37.8. The van der Waals surface area contributed by atoms with E-state index in [0.29, 0.717) is 61.5 Å². The zero-order valence-corrected chi connectivity index (χ0v) is 33.7. The second kappa shape index (κ2) is 15.6. The van der Waals surface area contributed by atoms with E-state index in [2.05, 4.69) is 58.3 Å². The Morgan fingerprint density at radius 3 is 2.47 bits per heavy atom. The number of carbonyl (C=O) groups excluding carboxylic acids is 4. The van der Waals surface area contributed by atoms with E-state index in [0.717, 1.165) is 96.8 Å². The van der Waals surface area contributed by atoms with Crippen molar-refractivity contribution in [1.29, 1.82) is 0 Å². The molecule has 0 radical (unpaired) electrons. The number of rotatable bonds is 8. The standard InChI is InChI=1S/C43H48N10O5S/c54-31-9-17-51(18-10-31)37-21-34-28(19-35(37)46-40(56)33-25-59-42-39(33)44-11-12-45-42)24-53(48-34)29-7-13-49(14-8-29)22-26-5-15-50(16-6-26)30-2-1-27-23-52(43(58)32(27)20-30)36-3-4-38(55)47-41(36)57/h1-2,11-12,19-21,24-26,29,31,36,54H,3-10,13-18,22-23H2,(H,46,56)(H,47,55,57). The highest BCUT2D eigenvalue weighted by atomic mass is 32.1. The van der Waals surface area contributed by atoms with Gasteiger partial charge >= 0.3 is 0 Å². The lowest BCUT2D eigenvalue weighted by molar-refractivity contribution is -0.136. The maximum atomic E-state index is 13.6. The Morgan fingerprint density at radius 1 is 0.898 bits per heavy atom. The minimum absolute atomic E-state index is 0.130. The Kier molecular flexibility index (Phi) is 10.0. The van der Waals surface area contributed by atoms with Crippen LogP contribution in [0, 0.1) is 5.92 Å². The number of thiophene rings is 1. The fourth-order valence-corrected chi connectivity index (χ4v) is 10.5. The summed E-state index contributed by atoms with van der Waals surface area (Å²) < 4.78 is 2.13. The van der Waals surface area contributed by atoms with Gasteiger partial charge in [-0.1, -0.05) is 6.07 Å². The number of aromatic nitrogens is 4. The lowest BCUT2D eigenvalue weighted by Crippen LogP contribution is -2.52. The Morgan fingerprint density at radius 2 is 1.68 bits per heavy atom. The quantitative estimate of drug-likeness (QED) is 0.188. The van der Waals surface area contributed by atoms with Crippen molar-refractivity contribution in [1.82, 2.24) is 34.9 Å². The van der Waals surface area contributed by atoms with Gasteiger partial charge in [0.05, 0.1) is 34.6 Å². The highest BCUT2D eigenvalue weighted by molar-refractivity contribution is 7.17. The molecule has 5 aromatic rings. The number of amides is 4. The monoisotopic (exact) mass is 816 g/mol. The Hall–Kier alpha value is -5.45. The van der Waals surface area contributed by atoms with Crippen molar-refractivity contribution in [2.24, 2.45) is 5.92 Å². The van der Waals surface area contributed by atoms with E-state index in [1.807, 2.05) is 23.6 Å². The predicted octanol–water partition coefficient (Wildman–Crippen LogP) is 4.57. The van der Waals surface area contributed by atoms with Crippen LogP contribution in [0.1, 0.15) is 83.7 Å². The molecule has 3 N–H and O–H groups in total. The van der Waals surface area contributed by atoms with E-state index in [-0.39, 0.29) is 42.2 Å². The third kappa shape index (κ3) is 7.42. The molecular formula is C43H48N10O5S. The van der Waals surface area contributed by atoms with E-state index < -0.39 is 6.04 Å². The maximum absolute atomic E-state index is 13.6. The fraction of sp³-hybridized carbons (Fsp3) is 0.465. The van der Waals surface area contributed by atoms with Gasteiger partial charge in [0.25, 0.3) is 11.8 Å². The van der Waals surface area contributed by atoms with Crippen LogP contribution in [0.2, 0.25) is 0 Å². The van der Waals surface area contributed by atoms with Crippen LogP contribution in [0.4, 0.5) is 17.1 Å². The molecule has 4 amide bonds. The number of anilines is 3. The number of nitrogens with zero attached hydrogens (tertiary/aromatic N) is 8. The molecule has 10 rings (SSSR count). The number of hydrogen-bond donors (Lipinski definition) is 3. The van der Waals surface area contributed by atoms with Crippen LogP contribution in [0.25, 0.3) is 21.3 Å². The number of aliphatic hydroxyl groups is 1. The van der Waals surface area contributed by atoms with Crippen molar-refractivity contribution < 1.29 is 24.3 Å². The lowest BCUT2D eigenvalue weighted by Gasteiger charge is -2.38. The molecule has 0 spiro atoms. The first-order chi connectivity index (χ1) is 28.7. The van der Waals surface area contributed by atoms with Crippen molar-refractivity contribution in [3.05, 3.63) is 71.0 Å². The van der Waals surface area contributed by atoms with Gasteiger partial charge in [0.15, 0.2) is 0 Å². The van der Waals surface area contributed by atoms with E-state index in [1.54, 1.807) is 17.3 Å². The van der Waals surface area contributed by atoms with Crippen LogP contribution in [-0.2, 0) is 16.1 Å². The minimum Gasteiger partial charge on any atom is -0.393 e. The molecule has 1 unspecified atom stereocenters. The van der Waals surface area contributed by atoms with E-state index in [1.165, 1.54) is 11.3 Å². The summed E-state index contributed by atoms with van der Waals surface area (Å²) in [5.41, 5.74) is 6.28. The molecule has 5 aliphatic rings. The molecule has 0 bridgehead atoms. The molecule has 16 heteroatoms. The third-order valence-electron chi connectivity index (χ3n) is 13.1. The van der Waals surface area contributed by atoms with Crippen LogP contribution in [-0.4, -0.2) is 116 Å². The van der Waals surface area contributed by atoms with Crippen molar-refractivity contribution in [3.63, 3.8) is 0 Å². The summed E-state index contributed by atoms with van der Waals surface area (Å²) in [6, 6.07) is 9.92. The van der Waals surface area contributed by atoms with Crippen LogP contribution in [0.3, 0.4) is 0 Å². The second-order valence-electron chi connectivity index (χ2n) is 16.8. The molecule has 5 aliphatic heterocycles. The van der Waals surface area contributed by atoms with Crippen LogP contribution >= 0.6 is 11.3 Å². The number of carbonyl (C=O) groups is 4. The molecule has 306 valence electrons. The average molecular weight is 817 g/mol. The summed E-state index contributed by atoms with van der Waals surface area (Å²) in [7, 11) is 0. The predicted molar refractivity (Wildman–Crippen MR) is 225 cm³/mol.